The SMILES string of the molecule is COc1ccc(C2c3c(oc4ccc(C)cc4c3=O)C(=O)N2c2ncccn2)cc1. The molecule has 5 rings (SSSR count). The lowest BCUT2D eigenvalue weighted by molar-refractivity contribution is 0.0969. The molecule has 1 atom stereocenters. The normalized spacial score (nSPS) is 15.5. The Kier molecular flexibility index (Phi) is 4.10. The summed E-state index contributed by atoms with van der Waals surface area (Å²) >= 11 is 0. The number of rotatable bonds is 3. The Hall–Kier alpha value is -4.00. The summed E-state index contributed by atoms with van der Waals surface area (Å²) < 4.78 is 11.2. The molecule has 1 unspecified atom stereocenters. The van der Waals surface area contributed by atoms with E-state index in [1.807, 2.05) is 25.1 Å². The van der Waals surface area contributed by atoms with E-state index in [0.29, 0.717) is 16.7 Å². The van der Waals surface area contributed by atoms with Gasteiger partial charge in [-0.05, 0) is 42.8 Å². The van der Waals surface area contributed by atoms with Crippen LogP contribution in [0.5, 0.6) is 5.75 Å². The van der Waals surface area contributed by atoms with E-state index in [-0.39, 0.29) is 22.7 Å². The molecule has 2 aromatic heterocycles. The second kappa shape index (κ2) is 6.81. The number of benzene rings is 2. The first kappa shape index (κ1) is 18.1. The first-order valence-electron chi connectivity index (χ1n) is 9.40. The van der Waals surface area contributed by atoms with Crippen molar-refractivity contribution in [2.24, 2.45) is 0 Å². The third-order valence-electron chi connectivity index (χ3n) is 5.22. The summed E-state index contributed by atoms with van der Waals surface area (Å²) in [5.41, 5.74) is 2.10. The van der Waals surface area contributed by atoms with Crippen molar-refractivity contribution < 1.29 is 13.9 Å². The molecule has 4 aromatic rings. The number of nitrogens with zero attached hydrogens (tertiary/aromatic N) is 3. The molecule has 0 saturated carbocycles. The molecule has 0 fully saturated rings. The standard InChI is InChI=1S/C23H17N3O4/c1-13-4-9-17-16(12-13)20(27)18-19(14-5-7-15(29-2)8-6-14)26(22(28)21(18)30-17)23-24-10-3-11-25-23/h3-12,19H,1-2H3. The summed E-state index contributed by atoms with van der Waals surface area (Å²) in [4.78, 5) is 36.7. The number of fused-ring (bicyclic) bond motifs is 2. The molecule has 7 nitrogen and oxygen atoms in total. The molecule has 30 heavy (non-hydrogen) atoms. The molecule has 0 spiro atoms. The van der Waals surface area contributed by atoms with Crippen LogP contribution < -0.4 is 15.1 Å². The van der Waals surface area contributed by atoms with Crippen molar-refractivity contribution in [1.29, 1.82) is 0 Å². The number of hydrogen-bond donors (Lipinski definition) is 0. The zero-order valence-electron chi connectivity index (χ0n) is 16.3. The Morgan fingerprint density at radius 2 is 1.77 bits per heavy atom. The predicted octanol–water partition coefficient (Wildman–Crippen LogP) is 3.65. The fourth-order valence-electron chi connectivity index (χ4n) is 3.81. The highest BCUT2D eigenvalue weighted by molar-refractivity contribution is 6.09. The maximum absolute atomic E-state index is 13.5. The van der Waals surface area contributed by atoms with Gasteiger partial charge in [-0.15, -0.1) is 0 Å². The average Bonchev–Trinajstić information content (AvgIpc) is 3.07. The number of anilines is 1. The summed E-state index contributed by atoms with van der Waals surface area (Å²) in [6.45, 7) is 1.91. The highest BCUT2D eigenvalue weighted by atomic mass is 16.5. The van der Waals surface area contributed by atoms with Gasteiger partial charge < -0.3 is 9.15 Å². The van der Waals surface area contributed by atoms with Crippen LogP contribution >= 0.6 is 0 Å². The van der Waals surface area contributed by atoms with Gasteiger partial charge in [-0.3, -0.25) is 14.5 Å². The maximum atomic E-state index is 13.5. The number of hydrogen-bond acceptors (Lipinski definition) is 6. The minimum Gasteiger partial charge on any atom is -0.497 e. The number of carbonyl (C=O) groups excluding carboxylic acids is 1. The van der Waals surface area contributed by atoms with Crippen LogP contribution in [-0.2, 0) is 0 Å². The fraction of sp³-hybridized carbons (Fsp3) is 0.130. The largest absolute Gasteiger partial charge is 0.497 e. The first-order valence-corrected chi connectivity index (χ1v) is 9.40. The smallest absolute Gasteiger partial charge is 0.297 e. The number of amides is 1. The second-order valence-electron chi connectivity index (χ2n) is 7.07. The summed E-state index contributed by atoms with van der Waals surface area (Å²) in [5.74, 6) is 0.447. The van der Waals surface area contributed by atoms with Gasteiger partial charge in [0.1, 0.15) is 11.3 Å². The van der Waals surface area contributed by atoms with Gasteiger partial charge in [0.2, 0.25) is 11.7 Å². The van der Waals surface area contributed by atoms with Gasteiger partial charge in [0.05, 0.1) is 24.1 Å². The summed E-state index contributed by atoms with van der Waals surface area (Å²) in [5, 5.41) is 0.441. The van der Waals surface area contributed by atoms with Gasteiger partial charge in [-0.2, -0.15) is 0 Å². The number of methoxy groups -OCH3 is 1. The van der Waals surface area contributed by atoms with Crippen LogP contribution in [-0.4, -0.2) is 23.0 Å². The molecular weight excluding hydrogens is 382 g/mol. The molecule has 0 radical (unpaired) electrons. The molecule has 0 aliphatic carbocycles. The van der Waals surface area contributed by atoms with Crippen LogP contribution in [0.4, 0.5) is 5.95 Å². The third kappa shape index (κ3) is 2.67. The molecule has 2 aromatic carbocycles. The lowest BCUT2D eigenvalue weighted by Gasteiger charge is -2.23. The Morgan fingerprint density at radius 1 is 1.03 bits per heavy atom. The molecule has 148 valence electrons. The number of carbonyl (C=O) groups is 1. The highest BCUT2D eigenvalue weighted by Gasteiger charge is 2.44. The van der Waals surface area contributed by atoms with Crippen LogP contribution in [0.3, 0.4) is 0 Å². The van der Waals surface area contributed by atoms with Crippen LogP contribution in [0.2, 0.25) is 0 Å². The molecule has 0 saturated heterocycles. The second-order valence-corrected chi connectivity index (χ2v) is 7.07. The van der Waals surface area contributed by atoms with Crippen LogP contribution in [0, 0.1) is 6.92 Å². The van der Waals surface area contributed by atoms with Crippen molar-refractivity contribution >= 4 is 22.8 Å². The van der Waals surface area contributed by atoms with E-state index >= 15 is 0 Å². The maximum Gasteiger partial charge on any atom is 0.297 e. The van der Waals surface area contributed by atoms with Crippen molar-refractivity contribution in [2.45, 2.75) is 13.0 Å². The van der Waals surface area contributed by atoms with Gasteiger partial charge >= 0.3 is 0 Å². The van der Waals surface area contributed by atoms with Gasteiger partial charge in [-0.25, -0.2) is 9.97 Å². The van der Waals surface area contributed by atoms with E-state index < -0.39 is 11.9 Å². The van der Waals surface area contributed by atoms with Gasteiger partial charge in [0.15, 0.2) is 5.43 Å². The summed E-state index contributed by atoms with van der Waals surface area (Å²) in [7, 11) is 1.58. The quantitative estimate of drug-likeness (QED) is 0.523. The lowest BCUT2D eigenvalue weighted by Crippen LogP contribution is -2.31. The minimum atomic E-state index is -0.707. The van der Waals surface area contributed by atoms with E-state index in [9.17, 15) is 9.59 Å². The molecule has 1 aliphatic rings. The van der Waals surface area contributed by atoms with Crippen molar-refractivity contribution in [2.75, 3.05) is 12.0 Å². The van der Waals surface area contributed by atoms with E-state index in [4.69, 9.17) is 9.15 Å². The van der Waals surface area contributed by atoms with Crippen LogP contribution in [0.25, 0.3) is 11.0 Å². The Labute approximate surface area is 171 Å². The van der Waals surface area contributed by atoms with Crippen LogP contribution in [0.15, 0.2) is 70.1 Å². The molecule has 1 aliphatic heterocycles. The zero-order valence-corrected chi connectivity index (χ0v) is 16.3. The summed E-state index contributed by atoms with van der Waals surface area (Å²) in [6.07, 6.45) is 3.11. The molecule has 1 amide bonds. The van der Waals surface area contributed by atoms with Crippen molar-refractivity contribution in [3.63, 3.8) is 0 Å². The Bertz CT molecular complexity index is 1330. The highest BCUT2D eigenvalue weighted by Crippen LogP contribution is 2.40. The Morgan fingerprint density at radius 3 is 2.47 bits per heavy atom. The zero-order chi connectivity index (χ0) is 20.8. The number of aromatic nitrogens is 2. The number of aryl methyl sites for hydroxylation is 1. The van der Waals surface area contributed by atoms with Crippen molar-refractivity contribution in [1.82, 2.24) is 9.97 Å². The molecule has 7 heteroatoms. The van der Waals surface area contributed by atoms with Gasteiger partial charge in [-0.1, -0.05) is 23.8 Å². The fourth-order valence-corrected chi connectivity index (χ4v) is 3.81. The molecule has 3 heterocycles. The average molecular weight is 399 g/mol. The minimum absolute atomic E-state index is 0.0182. The Balaban J connectivity index is 1.80. The molecule has 0 bridgehead atoms. The molecule has 0 N–H and O–H groups in total. The van der Waals surface area contributed by atoms with Crippen molar-refractivity contribution in [3.8, 4) is 5.75 Å². The monoisotopic (exact) mass is 399 g/mol. The van der Waals surface area contributed by atoms with E-state index in [2.05, 4.69) is 9.97 Å². The van der Waals surface area contributed by atoms with Gasteiger partial charge in [0.25, 0.3) is 5.91 Å². The molecular formula is C23H17N3O4. The first-order chi connectivity index (χ1) is 14.6. The van der Waals surface area contributed by atoms with E-state index in [1.165, 1.54) is 4.90 Å². The van der Waals surface area contributed by atoms with E-state index in [1.54, 1.807) is 49.8 Å². The van der Waals surface area contributed by atoms with E-state index in [0.717, 1.165) is 11.1 Å². The lowest BCUT2D eigenvalue weighted by atomic mass is 9.98. The topological polar surface area (TPSA) is 85.5 Å². The van der Waals surface area contributed by atoms with Gasteiger partial charge in [0, 0.05) is 12.4 Å². The van der Waals surface area contributed by atoms with Crippen molar-refractivity contribution in [3.05, 3.63) is 93.6 Å². The predicted molar refractivity (Wildman–Crippen MR) is 111 cm³/mol. The van der Waals surface area contributed by atoms with Crippen LogP contribution in [0.1, 0.15) is 33.3 Å². The summed E-state index contributed by atoms with van der Waals surface area (Å²) in [6, 6.07) is 13.5. The number of ether oxygens (including phenoxy) is 1. The third-order valence-corrected chi connectivity index (χ3v) is 5.22.